The van der Waals surface area contributed by atoms with E-state index in [4.69, 9.17) is 0 Å². The van der Waals surface area contributed by atoms with Crippen molar-refractivity contribution < 1.29 is 9.59 Å². The van der Waals surface area contributed by atoms with Crippen molar-refractivity contribution >= 4 is 44.6 Å². The minimum absolute atomic E-state index is 0.00635. The van der Waals surface area contributed by atoms with Crippen LogP contribution >= 0.6 is 15.9 Å². The molecule has 0 saturated carbocycles. The van der Waals surface area contributed by atoms with Crippen molar-refractivity contribution in [3.8, 4) is 0 Å². The molecule has 2 amide bonds. The first-order valence-electron chi connectivity index (χ1n) is 6.53. The normalized spacial score (nSPS) is 18.3. The Bertz CT molecular complexity index is 734. The third-order valence-electron chi connectivity index (χ3n) is 3.56. The van der Waals surface area contributed by atoms with Gasteiger partial charge in [-0.05, 0) is 40.5 Å². The molecule has 1 aliphatic heterocycles. The summed E-state index contributed by atoms with van der Waals surface area (Å²) in [6.45, 7) is 0. The first-order valence-corrected chi connectivity index (χ1v) is 7.33. The first kappa shape index (κ1) is 13.9. The third-order valence-corrected chi connectivity index (χ3v) is 3.99. The Morgan fingerprint density at radius 1 is 1.48 bits per heavy atom. The summed E-state index contributed by atoms with van der Waals surface area (Å²) in [6, 6.07) is 5.06. The molecule has 1 fully saturated rings. The van der Waals surface area contributed by atoms with Gasteiger partial charge in [0.1, 0.15) is 11.9 Å². The fourth-order valence-electron chi connectivity index (χ4n) is 2.37. The van der Waals surface area contributed by atoms with E-state index in [1.807, 2.05) is 12.1 Å². The Kier molecular flexibility index (Phi) is 3.59. The van der Waals surface area contributed by atoms with Gasteiger partial charge in [-0.3, -0.25) is 9.59 Å². The average Bonchev–Trinajstić information content (AvgIpc) is 2.79. The van der Waals surface area contributed by atoms with E-state index in [9.17, 15) is 9.59 Å². The van der Waals surface area contributed by atoms with Crippen molar-refractivity contribution in [1.29, 1.82) is 0 Å². The van der Waals surface area contributed by atoms with Crippen molar-refractivity contribution in [2.45, 2.75) is 18.9 Å². The maximum absolute atomic E-state index is 12.2. The number of aromatic nitrogens is 2. The highest BCUT2D eigenvalue weighted by Crippen LogP contribution is 2.20. The molecule has 0 aromatic carbocycles. The number of carbonyl (C=O) groups is 2. The smallest absolute Gasteiger partial charge is 0.248 e. The highest BCUT2D eigenvalue weighted by Gasteiger charge is 2.33. The summed E-state index contributed by atoms with van der Waals surface area (Å²) in [7, 11) is 1.65. The monoisotopic (exact) mass is 348 g/mol. The van der Waals surface area contributed by atoms with Gasteiger partial charge in [-0.25, -0.2) is 9.97 Å². The van der Waals surface area contributed by atoms with Crippen molar-refractivity contribution in [3.63, 3.8) is 0 Å². The molecule has 6 nitrogen and oxygen atoms in total. The summed E-state index contributed by atoms with van der Waals surface area (Å²) in [5.74, 6) is 0.218. The van der Waals surface area contributed by atoms with Gasteiger partial charge in [0.25, 0.3) is 0 Å². The van der Waals surface area contributed by atoms with Crippen LogP contribution in [0.2, 0.25) is 0 Å². The Morgan fingerprint density at radius 3 is 3.00 bits per heavy atom. The number of likely N-dealkylation sites (N-methyl/N-ethyl adjacent to an activating group) is 1. The quantitative estimate of drug-likeness (QED) is 0.899. The molecule has 3 heterocycles. The molecule has 0 aliphatic carbocycles. The van der Waals surface area contributed by atoms with E-state index >= 15 is 0 Å². The highest BCUT2D eigenvalue weighted by atomic mass is 79.9. The van der Waals surface area contributed by atoms with Crippen molar-refractivity contribution in [3.05, 3.63) is 28.9 Å². The highest BCUT2D eigenvalue weighted by molar-refractivity contribution is 9.10. The number of halogens is 1. The lowest BCUT2D eigenvalue weighted by Crippen LogP contribution is -2.39. The topological polar surface area (TPSA) is 75.2 Å². The summed E-state index contributed by atoms with van der Waals surface area (Å²) >= 11 is 3.35. The van der Waals surface area contributed by atoms with Crippen LogP contribution in [0.25, 0.3) is 11.0 Å². The fourth-order valence-corrected chi connectivity index (χ4v) is 2.72. The Labute approximate surface area is 129 Å². The molecule has 0 bridgehead atoms. The van der Waals surface area contributed by atoms with Crippen molar-refractivity contribution in [2.24, 2.45) is 0 Å². The average molecular weight is 349 g/mol. The van der Waals surface area contributed by atoms with Gasteiger partial charge in [0, 0.05) is 29.5 Å². The van der Waals surface area contributed by atoms with Crippen LogP contribution in [0, 0.1) is 0 Å². The summed E-state index contributed by atoms with van der Waals surface area (Å²) in [5.41, 5.74) is 0.562. The lowest BCUT2D eigenvalue weighted by Gasteiger charge is -2.18. The van der Waals surface area contributed by atoms with E-state index in [2.05, 4.69) is 31.2 Å². The minimum Gasteiger partial charge on any atom is -0.334 e. The summed E-state index contributed by atoms with van der Waals surface area (Å²) in [4.78, 5) is 33.6. The van der Waals surface area contributed by atoms with Gasteiger partial charge < -0.3 is 10.2 Å². The van der Waals surface area contributed by atoms with Crippen LogP contribution in [0.3, 0.4) is 0 Å². The third kappa shape index (κ3) is 2.73. The van der Waals surface area contributed by atoms with Gasteiger partial charge in [-0.2, -0.15) is 0 Å². The van der Waals surface area contributed by atoms with Crippen LogP contribution in [-0.4, -0.2) is 39.8 Å². The number of likely N-dealkylation sites (tertiary alicyclic amines) is 1. The lowest BCUT2D eigenvalue weighted by molar-refractivity contribution is -0.131. The molecule has 1 atom stereocenters. The summed E-state index contributed by atoms with van der Waals surface area (Å²) in [6.07, 6.45) is 2.61. The summed E-state index contributed by atoms with van der Waals surface area (Å²) in [5, 5.41) is 3.63. The number of carbonyl (C=O) groups excluding carboxylic acids is 2. The predicted octanol–water partition coefficient (Wildman–Crippen LogP) is 1.95. The second kappa shape index (κ2) is 5.40. The van der Waals surface area contributed by atoms with Gasteiger partial charge in [0.05, 0.1) is 0 Å². The second-order valence-electron chi connectivity index (χ2n) is 4.95. The molecule has 0 spiro atoms. The van der Waals surface area contributed by atoms with E-state index in [1.165, 1.54) is 4.90 Å². The number of hydrogen-bond acceptors (Lipinski definition) is 4. The van der Waals surface area contributed by atoms with Crippen LogP contribution in [0.4, 0.5) is 5.82 Å². The number of amides is 2. The van der Waals surface area contributed by atoms with Crippen molar-refractivity contribution in [2.75, 3.05) is 12.4 Å². The molecule has 1 saturated heterocycles. The zero-order chi connectivity index (χ0) is 15.0. The van der Waals surface area contributed by atoms with E-state index in [0.29, 0.717) is 24.3 Å². The lowest BCUT2D eigenvalue weighted by atomic mass is 10.2. The zero-order valence-corrected chi connectivity index (χ0v) is 12.9. The number of nitrogens with one attached hydrogen (secondary N) is 1. The van der Waals surface area contributed by atoms with Crippen LogP contribution < -0.4 is 5.32 Å². The molecule has 3 rings (SSSR count). The van der Waals surface area contributed by atoms with E-state index in [1.54, 1.807) is 19.3 Å². The van der Waals surface area contributed by atoms with E-state index in [0.717, 1.165) is 9.86 Å². The molecule has 21 heavy (non-hydrogen) atoms. The number of fused-ring (bicyclic) bond motifs is 1. The molecular weight excluding hydrogens is 336 g/mol. The summed E-state index contributed by atoms with van der Waals surface area (Å²) < 4.78 is 0.875. The molecule has 2 aromatic rings. The first-order chi connectivity index (χ1) is 10.0. The molecular formula is C14H13BrN4O2. The largest absolute Gasteiger partial charge is 0.334 e. The molecule has 7 heteroatoms. The Balaban J connectivity index is 1.80. The second-order valence-corrected chi connectivity index (χ2v) is 5.86. The van der Waals surface area contributed by atoms with Gasteiger partial charge >= 0.3 is 0 Å². The standard InChI is InChI=1S/C14H13BrN4O2/c1-19-10(3-5-12(19)20)14(21)18-11-4-2-8-6-9(15)7-16-13(8)17-11/h2,4,6-7,10H,3,5H2,1H3,(H,16,17,18,21)/t10-/m0/s1. The Hall–Kier alpha value is -2.02. The molecule has 0 radical (unpaired) electrons. The number of rotatable bonds is 2. The van der Waals surface area contributed by atoms with E-state index < -0.39 is 6.04 Å². The van der Waals surface area contributed by atoms with Gasteiger partial charge in [-0.15, -0.1) is 0 Å². The molecule has 2 aromatic heterocycles. The number of hydrogen-bond donors (Lipinski definition) is 1. The predicted molar refractivity (Wildman–Crippen MR) is 81.7 cm³/mol. The minimum atomic E-state index is -0.423. The van der Waals surface area contributed by atoms with Crippen LogP contribution in [-0.2, 0) is 9.59 Å². The Morgan fingerprint density at radius 2 is 2.29 bits per heavy atom. The van der Waals surface area contributed by atoms with Crippen LogP contribution in [0.15, 0.2) is 28.9 Å². The molecule has 108 valence electrons. The number of pyridine rings is 2. The zero-order valence-electron chi connectivity index (χ0n) is 11.3. The SMILES string of the molecule is CN1C(=O)CC[C@H]1C(=O)Nc1ccc2cc(Br)cnc2n1. The molecule has 1 aliphatic rings. The van der Waals surface area contributed by atoms with Crippen LogP contribution in [0.1, 0.15) is 12.8 Å². The fraction of sp³-hybridized carbons (Fsp3) is 0.286. The van der Waals surface area contributed by atoms with Gasteiger partial charge in [0.2, 0.25) is 11.8 Å². The molecule has 1 N–H and O–H groups in total. The number of anilines is 1. The van der Waals surface area contributed by atoms with Gasteiger partial charge in [0.15, 0.2) is 5.65 Å². The van der Waals surface area contributed by atoms with Crippen LogP contribution in [0.5, 0.6) is 0 Å². The maximum Gasteiger partial charge on any atom is 0.248 e. The number of nitrogens with zero attached hydrogens (tertiary/aromatic N) is 3. The van der Waals surface area contributed by atoms with Crippen molar-refractivity contribution in [1.82, 2.24) is 14.9 Å². The maximum atomic E-state index is 12.2. The van der Waals surface area contributed by atoms with E-state index in [-0.39, 0.29) is 11.8 Å². The molecule has 0 unspecified atom stereocenters. The van der Waals surface area contributed by atoms with Gasteiger partial charge in [-0.1, -0.05) is 0 Å².